The summed E-state index contributed by atoms with van der Waals surface area (Å²) >= 11 is 0. The Bertz CT molecular complexity index is 133. The molecule has 1 unspecified atom stereocenters. The quantitative estimate of drug-likeness (QED) is 0.678. The van der Waals surface area contributed by atoms with Gasteiger partial charge in [0.1, 0.15) is 5.78 Å². The van der Waals surface area contributed by atoms with Crippen LogP contribution in [0.3, 0.4) is 0 Å². The monoisotopic (exact) mass is 157 g/mol. The molecule has 0 aromatic rings. The molecule has 0 aliphatic rings. The first-order valence-electron chi connectivity index (χ1n) is 4.13. The molecule has 0 heterocycles. The van der Waals surface area contributed by atoms with Gasteiger partial charge in [-0.1, -0.05) is 20.8 Å². The summed E-state index contributed by atoms with van der Waals surface area (Å²) in [5.41, 5.74) is 5.33. The molecule has 66 valence electrons. The van der Waals surface area contributed by atoms with Crippen LogP contribution in [0.15, 0.2) is 0 Å². The van der Waals surface area contributed by atoms with Gasteiger partial charge in [-0.3, -0.25) is 4.79 Å². The van der Waals surface area contributed by atoms with Crippen LogP contribution >= 0.6 is 0 Å². The predicted octanol–water partition coefficient (Wildman–Crippen LogP) is 1.73. The van der Waals surface area contributed by atoms with Crippen LogP contribution in [0.2, 0.25) is 0 Å². The zero-order chi connectivity index (χ0) is 9.07. The van der Waals surface area contributed by atoms with E-state index in [1.807, 2.05) is 27.7 Å². The lowest BCUT2D eigenvalue weighted by atomic mass is 9.87. The summed E-state index contributed by atoms with van der Waals surface area (Å²) in [4.78, 5) is 11.3. The van der Waals surface area contributed by atoms with Gasteiger partial charge in [-0.15, -0.1) is 0 Å². The largest absolute Gasteiger partial charge is 0.328 e. The highest BCUT2D eigenvalue weighted by atomic mass is 16.1. The van der Waals surface area contributed by atoms with Crippen molar-refractivity contribution in [2.24, 2.45) is 11.1 Å². The van der Waals surface area contributed by atoms with Gasteiger partial charge in [-0.2, -0.15) is 0 Å². The molecule has 0 radical (unpaired) electrons. The van der Waals surface area contributed by atoms with E-state index in [0.29, 0.717) is 12.2 Å². The van der Waals surface area contributed by atoms with E-state index < -0.39 is 0 Å². The molecule has 0 amide bonds. The average molecular weight is 157 g/mol. The highest BCUT2D eigenvalue weighted by Gasteiger charge is 2.20. The first kappa shape index (κ1) is 10.6. The van der Waals surface area contributed by atoms with Crippen LogP contribution in [0.5, 0.6) is 0 Å². The maximum Gasteiger partial charge on any atom is 0.138 e. The number of carbonyl (C=O) groups excluding carboxylic acids is 1. The second-order valence-electron chi connectivity index (χ2n) is 4.19. The van der Waals surface area contributed by atoms with Gasteiger partial charge in [-0.25, -0.2) is 0 Å². The van der Waals surface area contributed by atoms with Crippen molar-refractivity contribution >= 4 is 5.78 Å². The Kier molecular flexibility index (Phi) is 3.73. The van der Waals surface area contributed by atoms with E-state index >= 15 is 0 Å². The lowest BCUT2D eigenvalue weighted by molar-refractivity contribution is -0.126. The van der Waals surface area contributed by atoms with E-state index in [2.05, 4.69) is 0 Å². The number of ketones is 1. The number of hydrogen-bond acceptors (Lipinski definition) is 2. The number of hydrogen-bond donors (Lipinski definition) is 1. The summed E-state index contributed by atoms with van der Waals surface area (Å²) in [5.74, 6) is 0.301. The van der Waals surface area contributed by atoms with Gasteiger partial charge in [0.2, 0.25) is 0 Å². The van der Waals surface area contributed by atoms with Gasteiger partial charge >= 0.3 is 0 Å². The Morgan fingerprint density at radius 1 is 1.45 bits per heavy atom. The van der Waals surface area contributed by atoms with Gasteiger partial charge in [-0.05, 0) is 13.3 Å². The minimum Gasteiger partial charge on any atom is -0.328 e. The first-order valence-corrected chi connectivity index (χ1v) is 4.13. The van der Waals surface area contributed by atoms with Crippen molar-refractivity contribution in [1.82, 2.24) is 0 Å². The predicted molar refractivity (Wildman–Crippen MR) is 47.3 cm³/mol. The Labute approximate surface area is 69.2 Å². The molecule has 2 N–H and O–H groups in total. The van der Waals surface area contributed by atoms with Crippen LogP contribution in [0.1, 0.15) is 40.5 Å². The van der Waals surface area contributed by atoms with Crippen molar-refractivity contribution in [3.63, 3.8) is 0 Å². The van der Waals surface area contributed by atoms with Gasteiger partial charge in [0, 0.05) is 17.9 Å². The summed E-state index contributed by atoms with van der Waals surface area (Å²) < 4.78 is 0. The SMILES string of the molecule is CC(N)CCC(=O)C(C)(C)C. The van der Waals surface area contributed by atoms with E-state index in [1.165, 1.54) is 0 Å². The van der Waals surface area contributed by atoms with Gasteiger partial charge in [0.15, 0.2) is 0 Å². The normalized spacial score (nSPS) is 14.6. The van der Waals surface area contributed by atoms with Crippen LogP contribution in [0, 0.1) is 5.41 Å². The minimum atomic E-state index is -0.200. The van der Waals surface area contributed by atoms with Crippen LogP contribution in [0.25, 0.3) is 0 Å². The van der Waals surface area contributed by atoms with E-state index in [1.54, 1.807) is 0 Å². The summed E-state index contributed by atoms with van der Waals surface area (Å²) in [6, 6.07) is 0.140. The third-order valence-electron chi connectivity index (χ3n) is 1.66. The van der Waals surface area contributed by atoms with E-state index in [-0.39, 0.29) is 11.5 Å². The lowest BCUT2D eigenvalue weighted by Gasteiger charge is -2.16. The van der Waals surface area contributed by atoms with Crippen molar-refractivity contribution in [1.29, 1.82) is 0 Å². The highest BCUT2D eigenvalue weighted by molar-refractivity contribution is 5.83. The van der Waals surface area contributed by atoms with Crippen LogP contribution < -0.4 is 5.73 Å². The molecule has 0 aliphatic carbocycles. The molecule has 0 fully saturated rings. The van der Waals surface area contributed by atoms with Crippen molar-refractivity contribution in [3.05, 3.63) is 0 Å². The van der Waals surface area contributed by atoms with Crippen molar-refractivity contribution in [2.45, 2.75) is 46.6 Å². The molecule has 0 aromatic carbocycles. The fraction of sp³-hybridized carbons (Fsp3) is 0.889. The Hall–Kier alpha value is -0.370. The summed E-state index contributed by atoms with van der Waals surface area (Å²) in [6.07, 6.45) is 1.41. The molecular formula is C9H19NO. The van der Waals surface area contributed by atoms with Gasteiger partial charge < -0.3 is 5.73 Å². The van der Waals surface area contributed by atoms with Crippen LogP contribution in [-0.4, -0.2) is 11.8 Å². The molecule has 2 heteroatoms. The molecule has 0 aliphatic heterocycles. The molecule has 0 spiro atoms. The molecule has 0 rings (SSSR count). The van der Waals surface area contributed by atoms with Gasteiger partial charge in [0.25, 0.3) is 0 Å². The number of Topliss-reactive ketones (excluding diaryl/α,β-unsaturated/α-hetero) is 1. The number of nitrogens with two attached hydrogens (primary N) is 1. The molecule has 0 saturated carbocycles. The van der Waals surface area contributed by atoms with Crippen LogP contribution in [-0.2, 0) is 4.79 Å². The van der Waals surface area contributed by atoms with Crippen LogP contribution in [0.4, 0.5) is 0 Å². The summed E-state index contributed by atoms with van der Waals surface area (Å²) in [5, 5.41) is 0. The number of carbonyl (C=O) groups is 1. The summed E-state index contributed by atoms with van der Waals surface area (Å²) in [6.45, 7) is 7.75. The Balaban J connectivity index is 3.71. The average Bonchev–Trinajstić information content (AvgIpc) is 1.80. The van der Waals surface area contributed by atoms with E-state index in [4.69, 9.17) is 5.73 Å². The molecule has 11 heavy (non-hydrogen) atoms. The zero-order valence-electron chi connectivity index (χ0n) is 7.98. The fourth-order valence-corrected chi connectivity index (χ4v) is 0.734. The topological polar surface area (TPSA) is 43.1 Å². The zero-order valence-corrected chi connectivity index (χ0v) is 7.98. The second-order valence-corrected chi connectivity index (χ2v) is 4.19. The van der Waals surface area contributed by atoms with Crippen molar-refractivity contribution < 1.29 is 4.79 Å². The first-order chi connectivity index (χ1) is 4.84. The third-order valence-corrected chi connectivity index (χ3v) is 1.66. The molecule has 2 nitrogen and oxygen atoms in total. The standard InChI is InChI=1S/C9H19NO/c1-7(10)5-6-8(11)9(2,3)4/h7H,5-6,10H2,1-4H3. The smallest absolute Gasteiger partial charge is 0.138 e. The number of rotatable bonds is 3. The summed E-state index contributed by atoms with van der Waals surface area (Å²) in [7, 11) is 0. The highest BCUT2D eigenvalue weighted by Crippen LogP contribution is 2.17. The molecule has 0 bridgehead atoms. The minimum absolute atomic E-state index is 0.140. The maximum absolute atomic E-state index is 11.3. The Morgan fingerprint density at radius 3 is 2.18 bits per heavy atom. The van der Waals surface area contributed by atoms with E-state index in [9.17, 15) is 4.79 Å². The van der Waals surface area contributed by atoms with Crippen molar-refractivity contribution in [3.8, 4) is 0 Å². The molecule has 0 aromatic heterocycles. The lowest BCUT2D eigenvalue weighted by Crippen LogP contribution is -2.23. The maximum atomic E-state index is 11.3. The fourth-order valence-electron chi connectivity index (χ4n) is 0.734. The molecular weight excluding hydrogens is 138 g/mol. The van der Waals surface area contributed by atoms with Gasteiger partial charge in [0.05, 0.1) is 0 Å². The second kappa shape index (κ2) is 3.86. The third kappa shape index (κ3) is 4.96. The molecule has 1 atom stereocenters. The Morgan fingerprint density at radius 2 is 1.91 bits per heavy atom. The van der Waals surface area contributed by atoms with E-state index in [0.717, 1.165) is 6.42 Å². The van der Waals surface area contributed by atoms with Crippen molar-refractivity contribution in [2.75, 3.05) is 0 Å². The molecule has 0 saturated heterocycles.